The summed E-state index contributed by atoms with van der Waals surface area (Å²) in [6.07, 6.45) is 0.908. The standard InChI is InChI=1S/C13H16BrNO3S/c1-9-8-12(9)13(16)15-6-7-19(17,18)11-4-2-10(14)3-5-11/h2-5,9,12H,6-8H2,1H3,(H,15,16)/t9-,12+/m1/s1. The van der Waals surface area contributed by atoms with Crippen LogP contribution in [0.15, 0.2) is 33.6 Å². The smallest absolute Gasteiger partial charge is 0.223 e. The molecule has 0 heterocycles. The van der Waals surface area contributed by atoms with E-state index in [1.54, 1.807) is 24.3 Å². The molecule has 104 valence electrons. The van der Waals surface area contributed by atoms with E-state index in [1.807, 2.05) is 6.92 Å². The zero-order chi connectivity index (χ0) is 14.0. The lowest BCUT2D eigenvalue weighted by Crippen LogP contribution is -2.30. The number of carbonyl (C=O) groups is 1. The Morgan fingerprint density at radius 3 is 2.47 bits per heavy atom. The zero-order valence-electron chi connectivity index (χ0n) is 10.6. The fraction of sp³-hybridized carbons (Fsp3) is 0.462. The third-order valence-electron chi connectivity index (χ3n) is 3.29. The van der Waals surface area contributed by atoms with Crippen LogP contribution in [0.5, 0.6) is 0 Å². The molecule has 1 saturated carbocycles. The van der Waals surface area contributed by atoms with Crippen LogP contribution in [0.25, 0.3) is 0 Å². The molecule has 1 amide bonds. The topological polar surface area (TPSA) is 63.2 Å². The summed E-state index contributed by atoms with van der Waals surface area (Å²) in [5, 5.41) is 2.68. The normalized spacial score (nSPS) is 22.0. The van der Waals surface area contributed by atoms with Crippen molar-refractivity contribution in [1.29, 1.82) is 0 Å². The monoisotopic (exact) mass is 345 g/mol. The Morgan fingerprint density at radius 2 is 1.95 bits per heavy atom. The maximum absolute atomic E-state index is 12.0. The maximum Gasteiger partial charge on any atom is 0.223 e. The Hall–Kier alpha value is -0.880. The molecule has 0 spiro atoms. The molecule has 0 bridgehead atoms. The van der Waals surface area contributed by atoms with E-state index < -0.39 is 9.84 Å². The lowest BCUT2D eigenvalue weighted by atomic mass is 10.3. The van der Waals surface area contributed by atoms with Gasteiger partial charge in [-0.2, -0.15) is 0 Å². The van der Waals surface area contributed by atoms with Gasteiger partial charge in [0.05, 0.1) is 10.6 Å². The van der Waals surface area contributed by atoms with Gasteiger partial charge in [0, 0.05) is 16.9 Å². The summed E-state index contributed by atoms with van der Waals surface area (Å²) in [5.74, 6) is 0.415. The lowest BCUT2D eigenvalue weighted by molar-refractivity contribution is -0.122. The first-order valence-corrected chi connectivity index (χ1v) is 8.61. The van der Waals surface area contributed by atoms with Crippen LogP contribution in [-0.4, -0.2) is 26.6 Å². The highest BCUT2D eigenvalue weighted by atomic mass is 79.9. The second-order valence-electron chi connectivity index (χ2n) is 4.88. The van der Waals surface area contributed by atoms with E-state index in [9.17, 15) is 13.2 Å². The van der Waals surface area contributed by atoms with Crippen molar-refractivity contribution in [3.8, 4) is 0 Å². The molecular weight excluding hydrogens is 330 g/mol. The number of carbonyl (C=O) groups excluding carboxylic acids is 1. The van der Waals surface area contributed by atoms with Gasteiger partial charge in [0.1, 0.15) is 0 Å². The van der Waals surface area contributed by atoms with E-state index in [0.717, 1.165) is 10.9 Å². The molecule has 1 fully saturated rings. The summed E-state index contributed by atoms with van der Waals surface area (Å²) in [5.41, 5.74) is 0. The number of hydrogen-bond donors (Lipinski definition) is 1. The van der Waals surface area contributed by atoms with Gasteiger partial charge in [0.25, 0.3) is 0 Å². The van der Waals surface area contributed by atoms with Crippen molar-refractivity contribution in [2.24, 2.45) is 11.8 Å². The van der Waals surface area contributed by atoms with Crippen LogP contribution in [0.1, 0.15) is 13.3 Å². The second-order valence-corrected chi connectivity index (χ2v) is 7.91. The molecule has 1 N–H and O–H groups in total. The molecule has 1 aliphatic rings. The quantitative estimate of drug-likeness (QED) is 0.887. The number of amides is 1. The van der Waals surface area contributed by atoms with Gasteiger partial charge in [-0.25, -0.2) is 8.42 Å². The van der Waals surface area contributed by atoms with E-state index in [1.165, 1.54) is 0 Å². The second kappa shape index (κ2) is 5.63. The predicted octanol–water partition coefficient (Wildman–Crippen LogP) is 1.99. The number of halogens is 1. The summed E-state index contributed by atoms with van der Waals surface area (Å²) in [6, 6.07) is 6.50. The molecule has 0 aliphatic heterocycles. The van der Waals surface area contributed by atoms with E-state index in [-0.39, 0.29) is 29.0 Å². The SMILES string of the molecule is C[C@@H]1C[C@@H]1C(=O)NCCS(=O)(=O)c1ccc(Br)cc1. The van der Waals surface area contributed by atoms with Crippen molar-refractivity contribution in [3.63, 3.8) is 0 Å². The maximum atomic E-state index is 12.0. The van der Waals surface area contributed by atoms with E-state index in [2.05, 4.69) is 21.2 Å². The molecule has 1 aliphatic carbocycles. The molecule has 2 atom stereocenters. The van der Waals surface area contributed by atoms with Gasteiger partial charge in [-0.15, -0.1) is 0 Å². The molecule has 0 aromatic heterocycles. The third kappa shape index (κ3) is 3.79. The zero-order valence-corrected chi connectivity index (χ0v) is 13.0. The molecule has 1 aromatic rings. The molecule has 2 rings (SSSR count). The van der Waals surface area contributed by atoms with Crippen molar-refractivity contribution < 1.29 is 13.2 Å². The predicted molar refractivity (Wildman–Crippen MR) is 76.5 cm³/mol. The summed E-state index contributed by atoms with van der Waals surface area (Å²) >= 11 is 3.26. The Balaban J connectivity index is 1.87. The Morgan fingerprint density at radius 1 is 1.37 bits per heavy atom. The van der Waals surface area contributed by atoms with Gasteiger partial charge in [0.15, 0.2) is 9.84 Å². The number of sulfone groups is 1. The summed E-state index contributed by atoms with van der Waals surface area (Å²) in [4.78, 5) is 11.9. The van der Waals surface area contributed by atoms with Crippen molar-refractivity contribution in [2.75, 3.05) is 12.3 Å². The highest BCUT2D eigenvalue weighted by Gasteiger charge is 2.38. The van der Waals surface area contributed by atoms with Crippen LogP contribution in [0, 0.1) is 11.8 Å². The average molecular weight is 346 g/mol. The first-order valence-electron chi connectivity index (χ1n) is 6.16. The number of benzene rings is 1. The molecule has 4 nitrogen and oxygen atoms in total. The average Bonchev–Trinajstić information content (AvgIpc) is 3.07. The first kappa shape index (κ1) is 14.5. The summed E-state index contributed by atoms with van der Waals surface area (Å²) in [7, 11) is -3.33. The molecule has 0 radical (unpaired) electrons. The van der Waals surface area contributed by atoms with E-state index >= 15 is 0 Å². The van der Waals surface area contributed by atoms with Gasteiger partial charge in [-0.05, 0) is 36.6 Å². The fourth-order valence-electron chi connectivity index (χ4n) is 1.89. The number of hydrogen-bond acceptors (Lipinski definition) is 3. The van der Waals surface area contributed by atoms with Crippen LogP contribution in [-0.2, 0) is 14.6 Å². The summed E-state index contributed by atoms with van der Waals surface area (Å²) < 4.78 is 24.9. The minimum absolute atomic E-state index is 0.0292. The first-order chi connectivity index (χ1) is 8.90. The molecule has 0 saturated heterocycles. The van der Waals surface area contributed by atoms with Crippen LogP contribution < -0.4 is 5.32 Å². The number of nitrogens with one attached hydrogen (secondary N) is 1. The minimum Gasteiger partial charge on any atom is -0.355 e. The highest BCUT2D eigenvalue weighted by Crippen LogP contribution is 2.37. The molecule has 6 heteroatoms. The van der Waals surface area contributed by atoms with E-state index in [0.29, 0.717) is 5.92 Å². The third-order valence-corrected chi connectivity index (χ3v) is 5.55. The lowest BCUT2D eigenvalue weighted by Gasteiger charge is -2.06. The van der Waals surface area contributed by atoms with Crippen molar-refractivity contribution in [1.82, 2.24) is 5.32 Å². The molecule has 0 unspecified atom stereocenters. The minimum atomic E-state index is -3.33. The molecule has 1 aromatic carbocycles. The van der Waals surface area contributed by atoms with Crippen LogP contribution in [0.3, 0.4) is 0 Å². The molecular formula is C13H16BrNO3S. The van der Waals surface area contributed by atoms with Gasteiger partial charge >= 0.3 is 0 Å². The van der Waals surface area contributed by atoms with Gasteiger partial charge < -0.3 is 5.32 Å². The fourth-order valence-corrected chi connectivity index (χ4v) is 3.31. The number of rotatable bonds is 5. The van der Waals surface area contributed by atoms with Gasteiger partial charge in [-0.3, -0.25) is 4.79 Å². The highest BCUT2D eigenvalue weighted by molar-refractivity contribution is 9.10. The Kier molecular flexibility index (Phi) is 4.30. The van der Waals surface area contributed by atoms with Crippen LogP contribution in [0.4, 0.5) is 0 Å². The van der Waals surface area contributed by atoms with Gasteiger partial charge in [-0.1, -0.05) is 22.9 Å². The van der Waals surface area contributed by atoms with Gasteiger partial charge in [0.2, 0.25) is 5.91 Å². The Bertz CT molecular complexity index is 568. The largest absolute Gasteiger partial charge is 0.355 e. The molecule has 19 heavy (non-hydrogen) atoms. The van der Waals surface area contributed by atoms with Crippen molar-refractivity contribution >= 4 is 31.7 Å². The van der Waals surface area contributed by atoms with Crippen LogP contribution >= 0.6 is 15.9 Å². The van der Waals surface area contributed by atoms with Crippen LogP contribution in [0.2, 0.25) is 0 Å². The Labute approximate surface area is 121 Å². The van der Waals surface area contributed by atoms with E-state index in [4.69, 9.17) is 0 Å². The summed E-state index contributed by atoms with van der Waals surface area (Å²) in [6.45, 7) is 2.18. The van der Waals surface area contributed by atoms with Crippen molar-refractivity contribution in [2.45, 2.75) is 18.2 Å². The van der Waals surface area contributed by atoms with Crippen molar-refractivity contribution in [3.05, 3.63) is 28.7 Å².